The number of anilines is 1. The van der Waals surface area contributed by atoms with E-state index < -0.39 is 17.5 Å². The number of hydrogen-bond acceptors (Lipinski definition) is 1. The predicted molar refractivity (Wildman–Crippen MR) is 73.5 cm³/mol. The number of benzene rings is 2. The lowest BCUT2D eigenvalue weighted by Gasteiger charge is -2.07. The molecule has 18 heavy (non-hydrogen) atoms. The topological polar surface area (TPSA) is 29.1 Å². The first-order valence-corrected chi connectivity index (χ1v) is 6.17. The highest BCUT2D eigenvalue weighted by Crippen LogP contribution is 2.18. The van der Waals surface area contributed by atoms with Crippen molar-refractivity contribution >= 4 is 34.2 Å². The van der Waals surface area contributed by atoms with Crippen molar-refractivity contribution in [2.75, 3.05) is 5.32 Å². The Morgan fingerprint density at radius 1 is 1.06 bits per heavy atom. The Bertz CT molecular complexity index is 601. The summed E-state index contributed by atoms with van der Waals surface area (Å²) in [4.78, 5) is 11.8. The minimum atomic E-state index is -1.04. The van der Waals surface area contributed by atoms with Crippen molar-refractivity contribution in [1.82, 2.24) is 0 Å². The van der Waals surface area contributed by atoms with Crippen LogP contribution < -0.4 is 5.32 Å². The average Bonchev–Trinajstić information content (AvgIpc) is 2.35. The van der Waals surface area contributed by atoms with Crippen LogP contribution in [0.25, 0.3) is 0 Å². The molecule has 0 saturated heterocycles. The van der Waals surface area contributed by atoms with Crippen molar-refractivity contribution in [3.8, 4) is 0 Å². The Hall–Kier alpha value is -1.50. The first-order chi connectivity index (χ1) is 8.58. The molecule has 0 fully saturated rings. The zero-order valence-corrected chi connectivity index (χ0v) is 11.2. The van der Waals surface area contributed by atoms with E-state index in [-0.39, 0.29) is 5.56 Å². The summed E-state index contributed by atoms with van der Waals surface area (Å²) in [5.74, 6) is -2.48. The van der Waals surface area contributed by atoms with Gasteiger partial charge in [0.05, 0.1) is 5.69 Å². The average molecular weight is 359 g/mol. The minimum absolute atomic E-state index is 0.0774. The van der Waals surface area contributed by atoms with Crippen LogP contribution in [-0.2, 0) is 0 Å². The third-order valence-corrected chi connectivity index (χ3v) is 3.24. The second-order valence-corrected chi connectivity index (χ2v) is 4.73. The zero-order valence-electron chi connectivity index (χ0n) is 9.08. The zero-order chi connectivity index (χ0) is 13.1. The third-order valence-electron chi connectivity index (χ3n) is 2.30. The van der Waals surface area contributed by atoms with Crippen LogP contribution in [0.3, 0.4) is 0 Å². The molecule has 2 aromatic carbocycles. The summed E-state index contributed by atoms with van der Waals surface area (Å²) in [5.41, 5.74) is 0.710. The van der Waals surface area contributed by atoms with E-state index in [1.807, 2.05) is 12.1 Å². The standard InChI is InChI=1S/C13H8F2INO/c14-9-6-5-8(7-10(9)15)13(18)17-12-4-2-1-3-11(12)16/h1-7H,(H,17,18). The second-order valence-electron chi connectivity index (χ2n) is 3.56. The molecule has 0 heterocycles. The Morgan fingerprint density at radius 2 is 1.78 bits per heavy atom. The number of carbonyl (C=O) groups excluding carboxylic acids is 1. The van der Waals surface area contributed by atoms with Gasteiger partial charge in [-0.25, -0.2) is 8.78 Å². The minimum Gasteiger partial charge on any atom is -0.321 e. The van der Waals surface area contributed by atoms with Crippen molar-refractivity contribution in [2.45, 2.75) is 0 Å². The van der Waals surface area contributed by atoms with Crippen molar-refractivity contribution < 1.29 is 13.6 Å². The number of amides is 1. The molecule has 0 aliphatic rings. The van der Waals surface area contributed by atoms with Crippen LogP contribution in [0.5, 0.6) is 0 Å². The molecular formula is C13H8F2INO. The third kappa shape index (κ3) is 2.84. The molecule has 92 valence electrons. The van der Waals surface area contributed by atoms with Crippen LogP contribution in [-0.4, -0.2) is 5.91 Å². The molecule has 2 nitrogen and oxygen atoms in total. The molecule has 0 atom stereocenters. The highest BCUT2D eigenvalue weighted by Gasteiger charge is 2.10. The molecule has 0 saturated carbocycles. The highest BCUT2D eigenvalue weighted by atomic mass is 127. The SMILES string of the molecule is O=C(Nc1ccccc1I)c1ccc(F)c(F)c1. The predicted octanol–water partition coefficient (Wildman–Crippen LogP) is 3.82. The maximum Gasteiger partial charge on any atom is 0.255 e. The molecule has 0 spiro atoms. The van der Waals surface area contributed by atoms with E-state index in [1.165, 1.54) is 6.07 Å². The van der Waals surface area contributed by atoms with Gasteiger partial charge in [-0.05, 0) is 52.9 Å². The number of hydrogen-bond donors (Lipinski definition) is 1. The fourth-order valence-electron chi connectivity index (χ4n) is 1.39. The number of carbonyl (C=O) groups is 1. The Kier molecular flexibility index (Phi) is 3.90. The smallest absolute Gasteiger partial charge is 0.255 e. The summed E-state index contributed by atoms with van der Waals surface area (Å²) in [6, 6.07) is 10.2. The summed E-state index contributed by atoms with van der Waals surface area (Å²) in [7, 11) is 0. The van der Waals surface area contributed by atoms with Gasteiger partial charge in [-0.3, -0.25) is 4.79 Å². The van der Waals surface area contributed by atoms with Crippen LogP contribution in [0.1, 0.15) is 10.4 Å². The van der Waals surface area contributed by atoms with Crippen molar-refractivity contribution in [3.05, 3.63) is 63.2 Å². The fraction of sp³-hybridized carbons (Fsp3) is 0. The quantitative estimate of drug-likeness (QED) is 0.812. The molecule has 5 heteroatoms. The molecule has 0 unspecified atom stereocenters. The summed E-state index contributed by atoms with van der Waals surface area (Å²) in [5, 5.41) is 2.64. The van der Waals surface area contributed by atoms with E-state index in [0.29, 0.717) is 5.69 Å². The second kappa shape index (κ2) is 5.43. The Morgan fingerprint density at radius 3 is 2.44 bits per heavy atom. The van der Waals surface area contributed by atoms with Gasteiger partial charge in [-0.2, -0.15) is 0 Å². The summed E-state index contributed by atoms with van der Waals surface area (Å²) >= 11 is 2.08. The van der Waals surface area contributed by atoms with Gasteiger partial charge < -0.3 is 5.32 Å². The van der Waals surface area contributed by atoms with Gasteiger partial charge in [0.2, 0.25) is 0 Å². The lowest BCUT2D eigenvalue weighted by atomic mass is 10.2. The van der Waals surface area contributed by atoms with Gasteiger partial charge in [-0.1, -0.05) is 12.1 Å². The summed E-state index contributed by atoms with van der Waals surface area (Å²) < 4.78 is 26.6. The van der Waals surface area contributed by atoms with Gasteiger partial charge in [0.25, 0.3) is 5.91 Å². The Balaban J connectivity index is 2.22. The van der Waals surface area contributed by atoms with Crippen LogP contribution in [0, 0.1) is 15.2 Å². The first kappa shape index (κ1) is 12.9. The van der Waals surface area contributed by atoms with Crippen LogP contribution >= 0.6 is 22.6 Å². The molecule has 1 N–H and O–H groups in total. The largest absolute Gasteiger partial charge is 0.321 e. The van der Waals surface area contributed by atoms with E-state index in [0.717, 1.165) is 15.7 Å². The van der Waals surface area contributed by atoms with E-state index in [2.05, 4.69) is 27.9 Å². The number of para-hydroxylation sites is 1. The summed E-state index contributed by atoms with van der Waals surface area (Å²) in [6.07, 6.45) is 0. The maximum atomic E-state index is 13.0. The molecule has 0 aliphatic carbocycles. The van der Waals surface area contributed by atoms with E-state index in [9.17, 15) is 13.6 Å². The number of halogens is 3. The highest BCUT2D eigenvalue weighted by molar-refractivity contribution is 14.1. The number of rotatable bonds is 2. The molecule has 2 aromatic rings. The van der Waals surface area contributed by atoms with Crippen LogP contribution in [0.4, 0.5) is 14.5 Å². The summed E-state index contributed by atoms with van der Waals surface area (Å²) in [6.45, 7) is 0. The van der Waals surface area contributed by atoms with Crippen LogP contribution in [0.15, 0.2) is 42.5 Å². The van der Waals surface area contributed by atoms with Crippen molar-refractivity contribution in [1.29, 1.82) is 0 Å². The van der Waals surface area contributed by atoms with E-state index in [4.69, 9.17) is 0 Å². The van der Waals surface area contributed by atoms with Gasteiger partial charge in [0, 0.05) is 9.13 Å². The van der Waals surface area contributed by atoms with Crippen LogP contribution in [0.2, 0.25) is 0 Å². The van der Waals surface area contributed by atoms with Gasteiger partial charge in [0.15, 0.2) is 11.6 Å². The van der Waals surface area contributed by atoms with Crippen molar-refractivity contribution in [2.24, 2.45) is 0 Å². The fourth-order valence-corrected chi connectivity index (χ4v) is 1.92. The lowest BCUT2D eigenvalue weighted by molar-refractivity contribution is 0.102. The molecule has 1 amide bonds. The Labute approximate surface area is 116 Å². The molecule has 0 radical (unpaired) electrons. The lowest BCUT2D eigenvalue weighted by Crippen LogP contribution is -2.13. The molecule has 2 rings (SSSR count). The molecule has 0 aromatic heterocycles. The molecular weight excluding hydrogens is 351 g/mol. The van der Waals surface area contributed by atoms with Gasteiger partial charge >= 0.3 is 0 Å². The monoisotopic (exact) mass is 359 g/mol. The normalized spacial score (nSPS) is 10.2. The number of nitrogens with one attached hydrogen (secondary N) is 1. The van der Waals surface area contributed by atoms with E-state index in [1.54, 1.807) is 12.1 Å². The van der Waals surface area contributed by atoms with Gasteiger partial charge in [0.1, 0.15) is 0 Å². The van der Waals surface area contributed by atoms with E-state index >= 15 is 0 Å². The first-order valence-electron chi connectivity index (χ1n) is 5.09. The molecule has 0 aliphatic heterocycles. The molecule has 0 bridgehead atoms. The van der Waals surface area contributed by atoms with Gasteiger partial charge in [-0.15, -0.1) is 0 Å². The maximum absolute atomic E-state index is 13.0. The van der Waals surface area contributed by atoms with Crippen molar-refractivity contribution in [3.63, 3.8) is 0 Å².